The minimum Gasteiger partial charge on any atom is -0.389 e. The van der Waals surface area contributed by atoms with Crippen molar-refractivity contribution in [2.45, 2.75) is 46.3 Å². The van der Waals surface area contributed by atoms with Crippen LogP contribution in [0.25, 0.3) is 0 Å². The van der Waals surface area contributed by atoms with Crippen molar-refractivity contribution in [2.75, 3.05) is 39.3 Å². The molecule has 1 unspecified atom stereocenters. The van der Waals surface area contributed by atoms with Crippen LogP contribution in [0.4, 0.5) is 0 Å². The fourth-order valence-corrected chi connectivity index (χ4v) is 2.83. The van der Waals surface area contributed by atoms with Crippen molar-refractivity contribution in [1.82, 2.24) is 9.80 Å². The largest absolute Gasteiger partial charge is 0.389 e. The van der Waals surface area contributed by atoms with Crippen LogP contribution < -0.4 is 5.73 Å². The molecule has 4 nitrogen and oxygen atoms in total. The Kier molecular flexibility index (Phi) is 5.18. The summed E-state index contributed by atoms with van der Waals surface area (Å²) < 4.78 is 0. The van der Waals surface area contributed by atoms with Crippen molar-refractivity contribution < 1.29 is 5.11 Å². The molecule has 1 atom stereocenters. The Balaban J connectivity index is 2.48. The van der Waals surface area contributed by atoms with Gasteiger partial charge in [0.15, 0.2) is 0 Å². The lowest BCUT2D eigenvalue weighted by Gasteiger charge is -2.45. The van der Waals surface area contributed by atoms with E-state index < -0.39 is 5.60 Å². The molecule has 1 heterocycles. The van der Waals surface area contributed by atoms with Gasteiger partial charge < -0.3 is 10.8 Å². The van der Waals surface area contributed by atoms with Gasteiger partial charge in [0.05, 0.1) is 5.60 Å². The molecule has 4 heteroatoms. The van der Waals surface area contributed by atoms with Crippen LogP contribution in [-0.4, -0.2) is 65.8 Å². The molecule has 0 amide bonds. The van der Waals surface area contributed by atoms with Gasteiger partial charge in [-0.1, -0.05) is 20.8 Å². The van der Waals surface area contributed by atoms with Crippen LogP contribution in [0.5, 0.6) is 0 Å². The van der Waals surface area contributed by atoms with Crippen molar-refractivity contribution in [3.05, 3.63) is 0 Å². The first-order valence-corrected chi connectivity index (χ1v) is 7.02. The molecule has 18 heavy (non-hydrogen) atoms. The fraction of sp³-hybridized carbons (Fsp3) is 1.00. The van der Waals surface area contributed by atoms with Gasteiger partial charge in [0.1, 0.15) is 0 Å². The molecule has 1 aliphatic rings. The van der Waals surface area contributed by atoms with Crippen molar-refractivity contribution in [3.63, 3.8) is 0 Å². The van der Waals surface area contributed by atoms with E-state index in [2.05, 4.69) is 30.6 Å². The van der Waals surface area contributed by atoms with Crippen LogP contribution in [0, 0.1) is 5.41 Å². The lowest BCUT2D eigenvalue weighted by Crippen LogP contribution is -2.57. The van der Waals surface area contributed by atoms with E-state index in [1.54, 1.807) is 0 Å². The molecule has 0 aromatic carbocycles. The lowest BCUT2D eigenvalue weighted by atomic mass is 9.85. The van der Waals surface area contributed by atoms with Gasteiger partial charge in [-0.25, -0.2) is 0 Å². The number of hydrogen-bond donors (Lipinski definition) is 2. The van der Waals surface area contributed by atoms with Gasteiger partial charge in [-0.05, 0) is 19.3 Å². The monoisotopic (exact) mass is 257 g/mol. The molecule has 0 aromatic heterocycles. The van der Waals surface area contributed by atoms with Gasteiger partial charge in [-0.3, -0.25) is 9.80 Å². The molecular formula is C14H31N3O. The average molecular weight is 257 g/mol. The summed E-state index contributed by atoms with van der Waals surface area (Å²) in [7, 11) is 0. The summed E-state index contributed by atoms with van der Waals surface area (Å²) in [5.74, 6) is 0. The lowest BCUT2D eigenvalue weighted by molar-refractivity contribution is -0.000505. The second kappa shape index (κ2) is 5.87. The standard InChI is InChI=1S/C14H31N3O/c1-13(2,3)12(10-15)17-8-6-16(7-9-17)11-14(4,5)18/h12,18H,6-11,15H2,1-5H3. The summed E-state index contributed by atoms with van der Waals surface area (Å²) in [5.41, 5.74) is 5.56. The van der Waals surface area contributed by atoms with E-state index >= 15 is 0 Å². The predicted molar refractivity (Wildman–Crippen MR) is 76.6 cm³/mol. The van der Waals surface area contributed by atoms with E-state index in [1.165, 1.54) is 0 Å². The molecule has 0 aliphatic carbocycles. The summed E-state index contributed by atoms with van der Waals surface area (Å²) in [6, 6.07) is 0.446. The Hall–Kier alpha value is -0.160. The number of piperazine rings is 1. The molecule has 0 saturated carbocycles. The number of aliphatic hydroxyl groups is 1. The molecule has 1 rings (SSSR count). The molecular weight excluding hydrogens is 226 g/mol. The Morgan fingerprint density at radius 1 is 1.06 bits per heavy atom. The quantitative estimate of drug-likeness (QED) is 0.780. The third-order valence-corrected chi connectivity index (χ3v) is 3.68. The number of nitrogens with two attached hydrogens (primary N) is 1. The molecule has 1 fully saturated rings. The number of β-amino-alcohol motifs (C(OH)–C–C–N with tert-alkyl or cyclic N) is 1. The van der Waals surface area contributed by atoms with Crippen molar-refractivity contribution in [3.8, 4) is 0 Å². The van der Waals surface area contributed by atoms with Crippen LogP contribution in [0.3, 0.4) is 0 Å². The maximum absolute atomic E-state index is 9.85. The Labute approximate surface area is 112 Å². The molecule has 0 bridgehead atoms. The number of rotatable bonds is 4. The highest BCUT2D eigenvalue weighted by atomic mass is 16.3. The van der Waals surface area contributed by atoms with Gasteiger partial charge >= 0.3 is 0 Å². The van der Waals surface area contributed by atoms with Gasteiger partial charge in [-0.2, -0.15) is 0 Å². The Bertz CT molecular complexity index is 247. The maximum atomic E-state index is 9.85. The zero-order valence-electron chi connectivity index (χ0n) is 12.7. The normalized spacial score (nSPS) is 22.2. The topological polar surface area (TPSA) is 52.7 Å². The summed E-state index contributed by atoms with van der Waals surface area (Å²) in [4.78, 5) is 4.84. The molecule has 1 aliphatic heterocycles. The zero-order valence-corrected chi connectivity index (χ0v) is 12.7. The van der Waals surface area contributed by atoms with E-state index in [0.717, 1.165) is 39.3 Å². The first-order chi connectivity index (χ1) is 8.13. The number of hydrogen-bond acceptors (Lipinski definition) is 4. The SMILES string of the molecule is CC(C)(O)CN1CCN(C(CN)C(C)(C)C)CC1. The molecule has 3 N–H and O–H groups in total. The molecule has 1 saturated heterocycles. The third kappa shape index (κ3) is 4.84. The zero-order chi connectivity index (χ0) is 14.0. The Morgan fingerprint density at radius 3 is 1.89 bits per heavy atom. The van der Waals surface area contributed by atoms with Gasteiger partial charge in [0, 0.05) is 45.3 Å². The van der Waals surface area contributed by atoms with Gasteiger partial charge in [0.25, 0.3) is 0 Å². The second-order valence-electron chi connectivity index (χ2n) is 7.24. The van der Waals surface area contributed by atoms with Crippen molar-refractivity contribution >= 4 is 0 Å². The van der Waals surface area contributed by atoms with Crippen LogP contribution in [0.15, 0.2) is 0 Å². The van der Waals surface area contributed by atoms with Crippen molar-refractivity contribution in [1.29, 1.82) is 0 Å². The Morgan fingerprint density at radius 2 is 1.56 bits per heavy atom. The smallest absolute Gasteiger partial charge is 0.0718 e. The van der Waals surface area contributed by atoms with E-state index in [0.29, 0.717) is 6.04 Å². The van der Waals surface area contributed by atoms with E-state index in [1.807, 2.05) is 13.8 Å². The summed E-state index contributed by atoms with van der Waals surface area (Å²) in [6.45, 7) is 16.1. The second-order valence-corrected chi connectivity index (χ2v) is 7.24. The molecule has 0 aromatic rings. The first-order valence-electron chi connectivity index (χ1n) is 7.02. The maximum Gasteiger partial charge on any atom is 0.0718 e. The van der Waals surface area contributed by atoms with Crippen LogP contribution in [0.1, 0.15) is 34.6 Å². The van der Waals surface area contributed by atoms with Crippen LogP contribution in [0.2, 0.25) is 0 Å². The van der Waals surface area contributed by atoms with E-state index in [4.69, 9.17) is 5.73 Å². The fourth-order valence-electron chi connectivity index (χ4n) is 2.83. The first kappa shape index (κ1) is 15.9. The predicted octanol–water partition coefficient (Wildman–Crippen LogP) is 0.748. The highest BCUT2D eigenvalue weighted by Gasteiger charge is 2.32. The summed E-state index contributed by atoms with van der Waals surface area (Å²) in [6.07, 6.45) is 0. The minimum atomic E-state index is -0.598. The van der Waals surface area contributed by atoms with Gasteiger partial charge in [-0.15, -0.1) is 0 Å². The van der Waals surface area contributed by atoms with Crippen LogP contribution >= 0.6 is 0 Å². The van der Waals surface area contributed by atoms with E-state index in [9.17, 15) is 5.11 Å². The average Bonchev–Trinajstić information content (AvgIpc) is 2.17. The summed E-state index contributed by atoms with van der Waals surface area (Å²) >= 11 is 0. The van der Waals surface area contributed by atoms with Crippen molar-refractivity contribution in [2.24, 2.45) is 11.1 Å². The highest BCUT2D eigenvalue weighted by Crippen LogP contribution is 2.24. The van der Waals surface area contributed by atoms with E-state index in [-0.39, 0.29) is 5.41 Å². The number of nitrogens with zero attached hydrogens (tertiary/aromatic N) is 2. The van der Waals surface area contributed by atoms with Gasteiger partial charge in [0.2, 0.25) is 0 Å². The van der Waals surface area contributed by atoms with Crippen LogP contribution in [-0.2, 0) is 0 Å². The molecule has 108 valence electrons. The third-order valence-electron chi connectivity index (χ3n) is 3.68. The molecule has 0 radical (unpaired) electrons. The summed E-state index contributed by atoms with van der Waals surface area (Å²) in [5, 5.41) is 9.85. The highest BCUT2D eigenvalue weighted by molar-refractivity contribution is 4.88. The minimum absolute atomic E-state index is 0.229. The molecule has 0 spiro atoms.